The van der Waals surface area contributed by atoms with Crippen molar-refractivity contribution in [2.45, 2.75) is 116 Å². The molecule has 0 heterocycles. The lowest BCUT2D eigenvalue weighted by atomic mass is 9.85. The molecule has 0 saturated heterocycles. The van der Waals surface area contributed by atoms with Gasteiger partial charge in [0.1, 0.15) is 36.6 Å². The van der Waals surface area contributed by atoms with Crippen LogP contribution < -0.4 is 0 Å². The highest BCUT2D eigenvalue weighted by molar-refractivity contribution is 7.50. The number of rotatable bonds is 48. The average Bonchev–Trinajstić information content (AvgIpc) is 0.731. The molecule has 624 valence electrons. The summed E-state index contributed by atoms with van der Waals surface area (Å²) in [5.41, 5.74) is 5.08. The second-order valence-electron chi connectivity index (χ2n) is 27.2. The maximum atomic E-state index is 17.2. The van der Waals surface area contributed by atoms with Gasteiger partial charge in [0.15, 0.2) is 0 Å². The third-order valence-corrected chi connectivity index (χ3v) is 26.6. The summed E-state index contributed by atoms with van der Waals surface area (Å²) in [4.78, 5) is 0. The van der Waals surface area contributed by atoms with Gasteiger partial charge in [-0.3, -0.25) is 81.4 Å². The highest BCUT2D eigenvalue weighted by atomic mass is 31.2. The van der Waals surface area contributed by atoms with Gasteiger partial charge < -0.3 is 0 Å². The first-order valence-electron chi connectivity index (χ1n) is 38.4. The summed E-state index contributed by atoms with van der Waals surface area (Å²) in [7, 11) is -33.7. The molecule has 120 heavy (non-hydrogen) atoms. The van der Waals surface area contributed by atoms with E-state index in [-0.39, 0.29) is 0 Å². The van der Waals surface area contributed by atoms with Crippen LogP contribution in [-0.2, 0) is 188 Å². The zero-order valence-electron chi connectivity index (χ0n) is 65.1. The summed E-state index contributed by atoms with van der Waals surface area (Å²) in [6.07, 6.45) is -16.0. The van der Waals surface area contributed by atoms with Crippen LogP contribution in [0.5, 0.6) is 0 Å². The van der Waals surface area contributed by atoms with Crippen LogP contribution in [0, 0.1) is 0 Å². The SMILES string of the molecule is O=P(OCc1ccccc1)(OCc1ccccc1)O[C@H]1[C@H](OP(=O)(OCc2ccccc2)OCc2ccccc2)[C@@H](OP(=O)(OCc2ccccc2)OCc2ccccc2)[C@H](OP(=O)(OCc2ccccc2)OCc2ccccc2)[C@@H](OP(=O)(OCc2ccccc2)OCc2ccccc2)[C@@H]1OP(=O)(OCc1ccccc1)OCc1ccccc1. The summed E-state index contributed by atoms with van der Waals surface area (Å²) in [6, 6.07) is 102. The van der Waals surface area contributed by atoms with E-state index in [1.165, 1.54) is 0 Å². The normalized spacial score (nSPS) is 16.7. The van der Waals surface area contributed by atoms with Gasteiger partial charge in [0.05, 0.1) is 79.3 Å². The number of phosphoric ester groups is 6. The van der Waals surface area contributed by atoms with E-state index in [9.17, 15) is 0 Å². The van der Waals surface area contributed by atoms with Gasteiger partial charge in [0.2, 0.25) is 0 Å². The van der Waals surface area contributed by atoms with E-state index in [1.807, 2.05) is 0 Å². The topological polar surface area (TPSA) is 269 Å². The highest BCUT2D eigenvalue weighted by Crippen LogP contribution is 2.67. The minimum absolute atomic E-state index is 0.423. The maximum absolute atomic E-state index is 17.2. The van der Waals surface area contributed by atoms with Gasteiger partial charge in [-0.1, -0.05) is 364 Å². The van der Waals surface area contributed by atoms with Gasteiger partial charge in [0.25, 0.3) is 0 Å². The first kappa shape index (κ1) is 89.1. The fourth-order valence-electron chi connectivity index (χ4n) is 12.1. The molecule has 1 aliphatic carbocycles. The summed E-state index contributed by atoms with van der Waals surface area (Å²) in [5.74, 6) is 0. The Balaban J connectivity index is 1.12. The smallest absolute Gasteiger partial charge is 0.282 e. The maximum Gasteiger partial charge on any atom is 0.475 e. The van der Waals surface area contributed by atoms with Gasteiger partial charge in [0, 0.05) is 0 Å². The molecular weight excluding hydrogens is 1650 g/mol. The van der Waals surface area contributed by atoms with E-state index in [2.05, 4.69) is 0 Å². The lowest BCUT2D eigenvalue weighted by Crippen LogP contribution is -2.66. The fraction of sp³-hybridized carbons (Fsp3) is 0.200. The summed E-state index contributed by atoms with van der Waals surface area (Å²) in [6.45, 7) is -6.59. The van der Waals surface area contributed by atoms with Crippen LogP contribution >= 0.6 is 46.9 Å². The highest BCUT2D eigenvalue weighted by Gasteiger charge is 2.65. The van der Waals surface area contributed by atoms with Gasteiger partial charge in [-0.25, -0.2) is 27.4 Å². The molecule has 12 aromatic carbocycles. The van der Waals surface area contributed by atoms with Crippen LogP contribution in [0.1, 0.15) is 66.8 Å². The zero-order valence-corrected chi connectivity index (χ0v) is 70.4. The summed E-state index contributed by atoms with van der Waals surface area (Å²) < 4.78 is 225. The van der Waals surface area contributed by atoms with E-state index in [1.54, 1.807) is 364 Å². The molecule has 0 radical (unpaired) electrons. The minimum atomic E-state index is -5.62. The Kier molecular flexibility index (Phi) is 33.3. The van der Waals surface area contributed by atoms with Gasteiger partial charge >= 0.3 is 46.9 Å². The minimum Gasteiger partial charge on any atom is -0.282 e. The lowest BCUT2D eigenvalue weighted by Gasteiger charge is -2.50. The van der Waals surface area contributed by atoms with Gasteiger partial charge in [-0.05, 0) is 66.8 Å². The van der Waals surface area contributed by atoms with Crippen molar-refractivity contribution in [1.82, 2.24) is 0 Å². The molecule has 0 spiro atoms. The first-order valence-corrected chi connectivity index (χ1v) is 47.2. The average molecular weight is 1740 g/mol. The standard InChI is InChI=1S/C90H90O24P6/c91-115(97-61-73-37-13-1-14-38-73,98-62-74-39-15-2-16-40-74)109-85-86(110-116(92,99-63-75-41-17-3-18-42-75)100-64-76-43-19-4-20-44-76)88(112-118(94,103-67-79-49-25-7-26-50-79)104-68-80-51-27-8-28-52-80)90(114-120(96,107-71-83-57-33-11-34-58-83)108-72-84-59-35-12-36-60-84)89(113-119(95,105-69-81-53-29-9-30-54-81)106-70-82-55-31-10-32-56-82)87(85)111-117(93,101-65-77-45-21-5-22-46-77)102-66-78-47-23-6-24-48-78/h1-60,85-90H,61-72H2/t85-,86-,87+,88+,89-,90-. The first-order chi connectivity index (χ1) is 58.5. The third kappa shape index (κ3) is 28.2. The van der Waals surface area contributed by atoms with Crippen molar-refractivity contribution in [3.8, 4) is 0 Å². The van der Waals surface area contributed by atoms with Gasteiger partial charge in [-0.15, -0.1) is 0 Å². The van der Waals surface area contributed by atoms with Crippen molar-refractivity contribution in [1.29, 1.82) is 0 Å². The Morgan fingerprint density at radius 1 is 0.133 bits per heavy atom. The number of benzene rings is 12. The van der Waals surface area contributed by atoms with E-state index in [4.69, 9.17) is 81.4 Å². The van der Waals surface area contributed by atoms with E-state index < -0.39 is 163 Å². The number of phosphoric acid groups is 6. The molecule has 30 heteroatoms. The molecule has 0 atom stereocenters. The van der Waals surface area contributed by atoms with Crippen molar-refractivity contribution >= 4 is 46.9 Å². The summed E-state index contributed by atoms with van der Waals surface area (Å²) >= 11 is 0. The molecule has 0 N–H and O–H groups in total. The van der Waals surface area contributed by atoms with E-state index in [0.717, 1.165) is 0 Å². The van der Waals surface area contributed by atoms with Crippen molar-refractivity contribution in [2.24, 2.45) is 0 Å². The molecule has 1 fully saturated rings. The number of hydrogen-bond acceptors (Lipinski definition) is 24. The summed E-state index contributed by atoms with van der Waals surface area (Å²) in [5, 5.41) is 0. The Labute approximate surface area is 698 Å². The monoisotopic (exact) mass is 1740 g/mol. The van der Waals surface area contributed by atoms with Crippen LogP contribution in [0.3, 0.4) is 0 Å². The molecule has 1 saturated carbocycles. The van der Waals surface area contributed by atoms with Crippen LogP contribution in [0.4, 0.5) is 0 Å². The second kappa shape index (κ2) is 44.9. The molecule has 24 nitrogen and oxygen atoms in total. The van der Waals surface area contributed by atoms with Crippen LogP contribution in [-0.4, -0.2) is 36.6 Å². The molecule has 13 rings (SSSR count). The second-order valence-corrected chi connectivity index (χ2v) is 36.9. The predicted octanol–water partition coefficient (Wildman–Crippen LogP) is 23.6. The number of hydrogen-bond donors (Lipinski definition) is 0. The third-order valence-electron chi connectivity index (χ3n) is 18.2. The molecule has 0 bridgehead atoms. The van der Waals surface area contributed by atoms with Crippen molar-refractivity contribution in [2.75, 3.05) is 0 Å². The lowest BCUT2D eigenvalue weighted by molar-refractivity contribution is -0.209. The molecular formula is C90H90O24P6. The molecule has 1 aliphatic rings. The van der Waals surface area contributed by atoms with Crippen molar-refractivity contribution in [3.05, 3.63) is 431 Å². The quantitative estimate of drug-likeness (QED) is 0.0321. The largest absolute Gasteiger partial charge is 0.475 e. The Morgan fingerprint density at radius 3 is 0.283 bits per heavy atom. The molecule has 0 amide bonds. The molecule has 0 aromatic heterocycles. The Bertz CT molecular complexity index is 4160. The van der Waals surface area contributed by atoms with Crippen LogP contribution in [0.25, 0.3) is 0 Å². The van der Waals surface area contributed by atoms with Crippen molar-refractivity contribution in [3.63, 3.8) is 0 Å². The van der Waals surface area contributed by atoms with E-state index in [0.29, 0.717) is 66.8 Å². The fourth-order valence-corrected chi connectivity index (χ4v) is 20.2. The Morgan fingerprint density at radius 2 is 0.208 bits per heavy atom. The zero-order chi connectivity index (χ0) is 83.0. The van der Waals surface area contributed by atoms with Gasteiger partial charge in [-0.2, -0.15) is 0 Å². The van der Waals surface area contributed by atoms with Crippen LogP contribution in [0.15, 0.2) is 364 Å². The molecule has 0 aliphatic heterocycles. The molecule has 0 unspecified atom stereocenters. The van der Waals surface area contributed by atoms with E-state index >= 15 is 27.4 Å². The van der Waals surface area contributed by atoms with Crippen molar-refractivity contribution < 1.29 is 109 Å². The predicted molar refractivity (Wildman–Crippen MR) is 450 cm³/mol. The Hall–Kier alpha value is -8.70. The molecule has 12 aromatic rings. The van der Waals surface area contributed by atoms with Crippen LogP contribution in [0.2, 0.25) is 0 Å².